The third kappa shape index (κ3) is 2.12. The summed E-state index contributed by atoms with van der Waals surface area (Å²) in [6, 6.07) is 0. The molecular formula is C16H31NO. The van der Waals surface area contributed by atoms with Crippen LogP contribution in [-0.4, -0.2) is 37.2 Å². The smallest absolute Gasteiger partial charge is 0.0637 e. The van der Waals surface area contributed by atoms with Crippen molar-refractivity contribution in [3.05, 3.63) is 0 Å². The number of hydrogen-bond donors (Lipinski definition) is 0. The van der Waals surface area contributed by atoms with Gasteiger partial charge in [0.15, 0.2) is 0 Å². The molecule has 0 N–H and O–H groups in total. The molecule has 2 nitrogen and oxygen atoms in total. The van der Waals surface area contributed by atoms with Crippen LogP contribution in [0.15, 0.2) is 0 Å². The van der Waals surface area contributed by atoms with Gasteiger partial charge >= 0.3 is 0 Å². The molecule has 2 bridgehead atoms. The zero-order valence-corrected chi connectivity index (χ0v) is 13.0. The van der Waals surface area contributed by atoms with Gasteiger partial charge in [-0.05, 0) is 49.1 Å². The van der Waals surface area contributed by atoms with E-state index < -0.39 is 0 Å². The zero-order valence-electron chi connectivity index (χ0n) is 13.0. The summed E-state index contributed by atoms with van der Waals surface area (Å²) in [4.78, 5) is 2.45. The van der Waals surface area contributed by atoms with Gasteiger partial charge in [-0.1, -0.05) is 34.6 Å². The van der Waals surface area contributed by atoms with E-state index in [-0.39, 0.29) is 0 Å². The summed E-state index contributed by atoms with van der Waals surface area (Å²) in [5, 5.41) is 0. The number of ether oxygens (including phenoxy) is 1. The van der Waals surface area contributed by atoms with Crippen molar-refractivity contribution >= 4 is 0 Å². The number of likely N-dealkylation sites (N-methyl/N-ethyl adjacent to an activating group) is 1. The van der Waals surface area contributed by atoms with E-state index in [0.717, 1.165) is 32.2 Å². The minimum atomic E-state index is 0.418. The number of fused-ring (bicyclic) bond motifs is 2. The molecule has 2 heteroatoms. The Morgan fingerprint density at radius 3 is 2.28 bits per heavy atom. The standard InChI is InChI=1S/C16H31NO/c1-6-17(7-2)10-11-18-14-12-13-8-9-16(14,5)15(13,3)4/h13-14H,6-12H2,1-5H3/t13-,14+,16+/m1/s1. The summed E-state index contributed by atoms with van der Waals surface area (Å²) < 4.78 is 6.27. The molecule has 2 rings (SSSR count). The second-order valence-electron chi connectivity index (χ2n) is 7.00. The van der Waals surface area contributed by atoms with Gasteiger partial charge in [0.1, 0.15) is 0 Å². The van der Waals surface area contributed by atoms with Crippen molar-refractivity contribution < 1.29 is 4.74 Å². The molecule has 106 valence electrons. The van der Waals surface area contributed by atoms with Crippen molar-refractivity contribution in [2.75, 3.05) is 26.2 Å². The Kier molecular flexibility index (Phi) is 4.08. The Labute approximate surface area is 113 Å². The van der Waals surface area contributed by atoms with Crippen molar-refractivity contribution in [3.8, 4) is 0 Å². The van der Waals surface area contributed by atoms with Crippen LogP contribution < -0.4 is 0 Å². The maximum absolute atomic E-state index is 6.27. The van der Waals surface area contributed by atoms with Crippen molar-refractivity contribution in [2.24, 2.45) is 16.7 Å². The van der Waals surface area contributed by atoms with Crippen LogP contribution >= 0.6 is 0 Å². The van der Waals surface area contributed by atoms with E-state index in [4.69, 9.17) is 4.74 Å². The highest BCUT2D eigenvalue weighted by Crippen LogP contribution is 2.66. The van der Waals surface area contributed by atoms with Gasteiger partial charge in [0, 0.05) is 6.54 Å². The lowest BCUT2D eigenvalue weighted by atomic mass is 9.70. The Morgan fingerprint density at radius 1 is 1.17 bits per heavy atom. The highest BCUT2D eigenvalue weighted by molar-refractivity contribution is 5.11. The average Bonchev–Trinajstić information content (AvgIpc) is 2.67. The maximum atomic E-state index is 6.27. The van der Waals surface area contributed by atoms with Crippen molar-refractivity contribution in [1.82, 2.24) is 4.90 Å². The van der Waals surface area contributed by atoms with Gasteiger partial charge in [-0.15, -0.1) is 0 Å². The van der Waals surface area contributed by atoms with Crippen LogP contribution in [0.5, 0.6) is 0 Å². The quantitative estimate of drug-likeness (QED) is 0.717. The first kappa shape index (κ1) is 14.3. The lowest BCUT2D eigenvalue weighted by Gasteiger charge is -2.39. The topological polar surface area (TPSA) is 12.5 Å². The van der Waals surface area contributed by atoms with Gasteiger partial charge in [-0.25, -0.2) is 0 Å². The second-order valence-corrected chi connectivity index (χ2v) is 7.00. The Bertz CT molecular complexity index is 285. The Morgan fingerprint density at radius 2 is 1.83 bits per heavy atom. The van der Waals surface area contributed by atoms with Gasteiger partial charge < -0.3 is 9.64 Å². The third-order valence-electron chi connectivity index (χ3n) is 6.33. The summed E-state index contributed by atoms with van der Waals surface area (Å²) in [6.07, 6.45) is 4.57. The first-order valence-corrected chi connectivity index (χ1v) is 7.79. The molecule has 18 heavy (non-hydrogen) atoms. The molecule has 0 heterocycles. The molecule has 0 aliphatic heterocycles. The molecule has 2 aliphatic rings. The predicted molar refractivity (Wildman–Crippen MR) is 76.8 cm³/mol. The summed E-state index contributed by atoms with van der Waals surface area (Å²) in [5.41, 5.74) is 0.897. The maximum Gasteiger partial charge on any atom is 0.0637 e. The highest BCUT2D eigenvalue weighted by Gasteiger charge is 2.61. The van der Waals surface area contributed by atoms with Crippen LogP contribution in [0.2, 0.25) is 0 Å². The predicted octanol–water partition coefficient (Wildman–Crippen LogP) is 3.56. The van der Waals surface area contributed by atoms with Crippen LogP contribution in [0.4, 0.5) is 0 Å². The second kappa shape index (κ2) is 5.13. The third-order valence-corrected chi connectivity index (χ3v) is 6.33. The molecule has 0 saturated heterocycles. The van der Waals surface area contributed by atoms with E-state index in [1.54, 1.807) is 0 Å². The molecule has 0 aromatic heterocycles. The molecule has 2 saturated carbocycles. The minimum Gasteiger partial charge on any atom is -0.376 e. The summed E-state index contributed by atoms with van der Waals surface area (Å²) in [5.74, 6) is 0.890. The highest BCUT2D eigenvalue weighted by atomic mass is 16.5. The lowest BCUT2D eigenvalue weighted by molar-refractivity contribution is -0.0514. The normalized spacial score (nSPS) is 37.7. The van der Waals surface area contributed by atoms with Crippen molar-refractivity contribution in [3.63, 3.8) is 0 Å². The van der Waals surface area contributed by atoms with E-state index in [2.05, 4.69) is 39.5 Å². The van der Waals surface area contributed by atoms with Crippen LogP contribution in [0, 0.1) is 16.7 Å². The van der Waals surface area contributed by atoms with E-state index in [9.17, 15) is 0 Å². The first-order chi connectivity index (χ1) is 8.45. The largest absolute Gasteiger partial charge is 0.376 e. The molecule has 0 radical (unpaired) electrons. The first-order valence-electron chi connectivity index (χ1n) is 7.79. The van der Waals surface area contributed by atoms with Gasteiger partial charge in [0.2, 0.25) is 0 Å². The summed E-state index contributed by atoms with van der Waals surface area (Å²) >= 11 is 0. The molecule has 3 atom stereocenters. The summed E-state index contributed by atoms with van der Waals surface area (Å²) in [7, 11) is 0. The number of rotatable bonds is 6. The van der Waals surface area contributed by atoms with Crippen LogP contribution in [0.3, 0.4) is 0 Å². The molecule has 0 aromatic carbocycles. The Balaban J connectivity index is 1.85. The molecule has 0 aromatic rings. The van der Waals surface area contributed by atoms with Gasteiger partial charge in [0.25, 0.3) is 0 Å². The summed E-state index contributed by atoms with van der Waals surface area (Å²) in [6.45, 7) is 16.1. The van der Waals surface area contributed by atoms with Crippen molar-refractivity contribution in [2.45, 2.75) is 60.0 Å². The lowest BCUT2D eigenvalue weighted by Crippen LogP contribution is -2.38. The molecule has 0 spiro atoms. The van der Waals surface area contributed by atoms with Crippen LogP contribution in [-0.2, 0) is 4.74 Å². The fourth-order valence-electron chi connectivity index (χ4n) is 4.25. The monoisotopic (exact) mass is 253 g/mol. The van der Waals surface area contributed by atoms with Gasteiger partial charge in [-0.3, -0.25) is 0 Å². The van der Waals surface area contributed by atoms with E-state index >= 15 is 0 Å². The number of hydrogen-bond acceptors (Lipinski definition) is 2. The van der Waals surface area contributed by atoms with Crippen molar-refractivity contribution in [1.29, 1.82) is 0 Å². The molecule has 0 unspecified atom stereocenters. The van der Waals surface area contributed by atoms with E-state index in [0.29, 0.717) is 16.9 Å². The zero-order chi connectivity index (χ0) is 13.4. The van der Waals surface area contributed by atoms with Gasteiger partial charge in [0.05, 0.1) is 12.7 Å². The van der Waals surface area contributed by atoms with Crippen LogP contribution in [0.1, 0.15) is 53.9 Å². The minimum absolute atomic E-state index is 0.418. The molecular weight excluding hydrogens is 222 g/mol. The van der Waals surface area contributed by atoms with Crippen LogP contribution in [0.25, 0.3) is 0 Å². The molecule has 2 fully saturated rings. The van der Waals surface area contributed by atoms with E-state index in [1.165, 1.54) is 19.3 Å². The fourth-order valence-corrected chi connectivity index (χ4v) is 4.25. The fraction of sp³-hybridized carbons (Fsp3) is 1.00. The van der Waals surface area contributed by atoms with E-state index in [1.807, 2.05) is 0 Å². The molecule has 0 amide bonds. The Hall–Kier alpha value is -0.0800. The van der Waals surface area contributed by atoms with Gasteiger partial charge in [-0.2, -0.15) is 0 Å². The number of nitrogens with zero attached hydrogens (tertiary/aromatic N) is 1. The molecule has 2 aliphatic carbocycles. The SMILES string of the molecule is CCN(CC)CCO[C@H]1C[C@H]2CC[C@]1(C)C2(C)C. The average molecular weight is 253 g/mol.